The van der Waals surface area contributed by atoms with Crippen molar-refractivity contribution in [2.24, 2.45) is 0 Å². The van der Waals surface area contributed by atoms with Gasteiger partial charge in [0.05, 0.1) is 0 Å². The van der Waals surface area contributed by atoms with Gasteiger partial charge in [0.15, 0.2) is 0 Å². The molecule has 0 aromatic heterocycles. The zero-order valence-electron chi connectivity index (χ0n) is 6.89. The van der Waals surface area contributed by atoms with Crippen molar-refractivity contribution >= 4 is 0 Å². The van der Waals surface area contributed by atoms with Gasteiger partial charge in [-0.15, -0.1) is 0 Å². The number of halogens is 1. The Kier molecular flexibility index (Phi) is 2.09. The fraction of sp³-hybridized carbons (Fsp3) is 0.400. The molecule has 0 bridgehead atoms. The topological polar surface area (TPSA) is 12.0 Å². The van der Waals surface area contributed by atoms with E-state index in [0.717, 1.165) is 24.9 Å². The summed E-state index contributed by atoms with van der Waals surface area (Å²) in [5.74, 6) is -0.0862. The fourth-order valence-electron chi connectivity index (χ4n) is 1.71. The van der Waals surface area contributed by atoms with Crippen LogP contribution in [0.4, 0.5) is 4.39 Å². The summed E-state index contributed by atoms with van der Waals surface area (Å²) < 4.78 is 13.2. The van der Waals surface area contributed by atoms with Crippen LogP contribution in [0.5, 0.6) is 0 Å². The molecule has 1 atom stereocenters. The minimum Gasteiger partial charge on any atom is -0.310 e. The Morgan fingerprint density at radius 1 is 1.33 bits per heavy atom. The first kappa shape index (κ1) is 7.74. The van der Waals surface area contributed by atoms with E-state index in [1.54, 1.807) is 6.07 Å². The monoisotopic (exact) mass is 165 g/mol. The standard InChI is InChI=1S/C10H12FN/c11-9-5-2-1-4-8(9)10-6-3-7-12-10/h1-2,4-5,10,12H,3,6-7H2/t10-/m0/s1. The van der Waals surface area contributed by atoms with Crippen LogP contribution < -0.4 is 5.32 Å². The first-order valence-electron chi connectivity index (χ1n) is 4.36. The number of hydrogen-bond donors (Lipinski definition) is 1. The van der Waals surface area contributed by atoms with Gasteiger partial charge in [0.25, 0.3) is 0 Å². The summed E-state index contributed by atoms with van der Waals surface area (Å²) >= 11 is 0. The van der Waals surface area contributed by atoms with Crippen molar-refractivity contribution in [3.8, 4) is 0 Å². The van der Waals surface area contributed by atoms with Crippen molar-refractivity contribution in [2.45, 2.75) is 18.9 Å². The Bertz CT molecular complexity index is 266. The largest absolute Gasteiger partial charge is 0.310 e. The highest BCUT2D eigenvalue weighted by Gasteiger charge is 2.18. The second-order valence-corrected chi connectivity index (χ2v) is 3.17. The molecule has 1 aromatic carbocycles. The van der Waals surface area contributed by atoms with Crippen molar-refractivity contribution in [1.82, 2.24) is 5.32 Å². The molecule has 2 rings (SSSR count). The predicted octanol–water partition coefficient (Wildman–Crippen LogP) is 2.25. The molecule has 2 heteroatoms. The average molecular weight is 165 g/mol. The molecule has 0 amide bonds. The van der Waals surface area contributed by atoms with Gasteiger partial charge in [0.2, 0.25) is 0 Å². The first-order chi connectivity index (χ1) is 5.88. The van der Waals surface area contributed by atoms with Crippen molar-refractivity contribution in [3.63, 3.8) is 0 Å². The maximum atomic E-state index is 13.2. The van der Waals surface area contributed by atoms with Gasteiger partial charge in [-0.3, -0.25) is 0 Å². The van der Waals surface area contributed by atoms with Crippen LogP contribution in [0.15, 0.2) is 24.3 Å². The van der Waals surface area contributed by atoms with Crippen LogP contribution in [0.25, 0.3) is 0 Å². The molecule has 1 saturated heterocycles. The molecule has 1 fully saturated rings. The molecule has 0 spiro atoms. The Balaban J connectivity index is 2.26. The quantitative estimate of drug-likeness (QED) is 0.673. The van der Waals surface area contributed by atoms with Gasteiger partial charge < -0.3 is 5.32 Å². The highest BCUT2D eigenvalue weighted by Crippen LogP contribution is 2.24. The van der Waals surface area contributed by atoms with Gasteiger partial charge in [0, 0.05) is 11.6 Å². The Hall–Kier alpha value is -0.890. The van der Waals surface area contributed by atoms with Gasteiger partial charge in [-0.25, -0.2) is 4.39 Å². The van der Waals surface area contributed by atoms with E-state index in [2.05, 4.69) is 5.32 Å². The highest BCUT2D eigenvalue weighted by atomic mass is 19.1. The van der Waals surface area contributed by atoms with Crippen LogP contribution in [0.1, 0.15) is 24.4 Å². The van der Waals surface area contributed by atoms with E-state index >= 15 is 0 Å². The molecule has 1 N–H and O–H groups in total. The van der Waals surface area contributed by atoms with Gasteiger partial charge in [-0.1, -0.05) is 18.2 Å². The zero-order chi connectivity index (χ0) is 8.39. The predicted molar refractivity (Wildman–Crippen MR) is 46.4 cm³/mol. The van der Waals surface area contributed by atoms with E-state index in [-0.39, 0.29) is 11.9 Å². The highest BCUT2D eigenvalue weighted by molar-refractivity contribution is 5.21. The van der Waals surface area contributed by atoms with Crippen molar-refractivity contribution in [1.29, 1.82) is 0 Å². The lowest BCUT2D eigenvalue weighted by molar-refractivity contribution is 0.559. The molecule has 1 aliphatic heterocycles. The summed E-state index contributed by atoms with van der Waals surface area (Å²) in [6.07, 6.45) is 2.21. The number of nitrogens with one attached hydrogen (secondary N) is 1. The van der Waals surface area contributed by atoms with E-state index in [1.807, 2.05) is 12.1 Å². The van der Waals surface area contributed by atoms with Crippen LogP contribution in [0.3, 0.4) is 0 Å². The third-order valence-corrected chi connectivity index (χ3v) is 2.34. The smallest absolute Gasteiger partial charge is 0.127 e. The lowest BCUT2D eigenvalue weighted by Crippen LogP contribution is -2.13. The minimum absolute atomic E-state index is 0.0862. The van der Waals surface area contributed by atoms with Crippen LogP contribution in [0.2, 0.25) is 0 Å². The molecule has 1 aromatic rings. The summed E-state index contributed by atoms with van der Waals surface area (Å²) in [6, 6.07) is 7.24. The summed E-state index contributed by atoms with van der Waals surface area (Å²) in [6.45, 7) is 1.01. The maximum absolute atomic E-state index is 13.2. The summed E-state index contributed by atoms with van der Waals surface area (Å²) in [5.41, 5.74) is 0.815. The van der Waals surface area contributed by atoms with Crippen molar-refractivity contribution in [3.05, 3.63) is 35.6 Å². The van der Waals surface area contributed by atoms with Gasteiger partial charge in [0.1, 0.15) is 5.82 Å². The van der Waals surface area contributed by atoms with Crippen LogP contribution in [-0.2, 0) is 0 Å². The molecule has 1 heterocycles. The summed E-state index contributed by atoms with van der Waals surface area (Å²) in [4.78, 5) is 0. The molecule has 0 radical (unpaired) electrons. The Morgan fingerprint density at radius 3 is 2.83 bits per heavy atom. The van der Waals surface area contributed by atoms with E-state index in [9.17, 15) is 4.39 Å². The van der Waals surface area contributed by atoms with Crippen molar-refractivity contribution < 1.29 is 4.39 Å². The summed E-state index contributed by atoms with van der Waals surface area (Å²) in [5, 5.41) is 3.27. The second kappa shape index (κ2) is 3.23. The molecule has 1 aliphatic rings. The third kappa shape index (κ3) is 1.34. The first-order valence-corrected chi connectivity index (χ1v) is 4.36. The van der Waals surface area contributed by atoms with E-state index in [4.69, 9.17) is 0 Å². The average Bonchev–Trinajstić information content (AvgIpc) is 2.57. The molecule has 0 aliphatic carbocycles. The van der Waals surface area contributed by atoms with E-state index in [1.165, 1.54) is 6.07 Å². The van der Waals surface area contributed by atoms with Crippen LogP contribution in [-0.4, -0.2) is 6.54 Å². The summed E-state index contributed by atoms with van der Waals surface area (Å²) in [7, 11) is 0. The molecular weight excluding hydrogens is 153 g/mol. The van der Waals surface area contributed by atoms with Gasteiger partial charge in [-0.2, -0.15) is 0 Å². The normalized spacial score (nSPS) is 22.9. The number of rotatable bonds is 1. The lowest BCUT2D eigenvalue weighted by Gasteiger charge is -2.10. The number of hydrogen-bond acceptors (Lipinski definition) is 1. The Labute approximate surface area is 71.6 Å². The molecule has 12 heavy (non-hydrogen) atoms. The van der Waals surface area contributed by atoms with Gasteiger partial charge in [-0.05, 0) is 25.5 Å². The molecule has 0 unspecified atom stereocenters. The molecular formula is C10H12FN. The zero-order valence-corrected chi connectivity index (χ0v) is 6.89. The van der Waals surface area contributed by atoms with E-state index < -0.39 is 0 Å². The minimum atomic E-state index is -0.0862. The van der Waals surface area contributed by atoms with Crippen LogP contribution in [0, 0.1) is 5.82 Å². The fourth-order valence-corrected chi connectivity index (χ4v) is 1.71. The molecule has 64 valence electrons. The Morgan fingerprint density at radius 2 is 2.17 bits per heavy atom. The van der Waals surface area contributed by atoms with Crippen molar-refractivity contribution in [2.75, 3.05) is 6.54 Å². The third-order valence-electron chi connectivity index (χ3n) is 2.34. The van der Waals surface area contributed by atoms with E-state index in [0.29, 0.717) is 0 Å². The SMILES string of the molecule is Fc1ccccc1[C@@H]1CCCN1. The van der Waals surface area contributed by atoms with Gasteiger partial charge >= 0.3 is 0 Å². The number of benzene rings is 1. The molecule has 0 saturated carbocycles. The molecule has 1 nitrogen and oxygen atoms in total. The lowest BCUT2D eigenvalue weighted by atomic mass is 10.1. The maximum Gasteiger partial charge on any atom is 0.127 e. The second-order valence-electron chi connectivity index (χ2n) is 3.17. The van der Waals surface area contributed by atoms with Crippen LogP contribution >= 0.6 is 0 Å².